The summed E-state index contributed by atoms with van der Waals surface area (Å²) in [6, 6.07) is 9.80. The van der Waals surface area contributed by atoms with Gasteiger partial charge in [0.25, 0.3) is 11.5 Å². The number of ether oxygens (including phenoxy) is 2. The number of rotatable bonds is 16. The number of fused-ring (bicyclic) bond motifs is 5. The molecule has 4 heterocycles. The Balaban J connectivity index is 1.04. The van der Waals surface area contributed by atoms with Gasteiger partial charge in [-0.3, -0.25) is 28.8 Å². The number of aryl methyl sites for hydroxylation is 1. The second kappa shape index (κ2) is 18.4. The van der Waals surface area contributed by atoms with E-state index in [0.717, 1.165) is 0 Å². The highest BCUT2D eigenvalue weighted by atomic mass is 19.1. The molecule has 332 valence electrons. The Bertz CT molecular complexity index is 2590. The van der Waals surface area contributed by atoms with Gasteiger partial charge in [-0.1, -0.05) is 37.3 Å². The fraction of sp³-hybridized carbons (Fsp3) is 0.395. The number of nitrogens with two attached hydrogens (primary N) is 1. The molecule has 2 aromatic heterocycles. The Morgan fingerprint density at radius 3 is 2.48 bits per heavy atom. The molecule has 19 nitrogen and oxygen atoms in total. The average molecular weight is 871 g/mol. The maximum absolute atomic E-state index is 15.3. The van der Waals surface area contributed by atoms with Gasteiger partial charge in [-0.2, -0.15) is 0 Å². The van der Waals surface area contributed by atoms with Crippen LogP contribution in [0.15, 0.2) is 47.3 Å². The summed E-state index contributed by atoms with van der Waals surface area (Å²) >= 11 is 0. The standard InChI is InChI=1S/C43H47FN8O11/c1-3-43(61)26-12-31-38-24(17-52(31)41(59)25(26)19-62-42(43)60)37-28(10-9-23-21(2)27(44)13-29(50-38)36(23)37)51-40(58)32(18-53)63-20-48-34(55)15-47-39(57)30(11-22-7-5-4-6-8-22)49-35(56)16-46-33(54)14-45/h4-8,12-13,28,30,32,53,61H,3,9-11,14-20,45H2,1-2H3,(H,46,54)(H,47,57)(H,48,55)(H,49,56)(H,51,58)/t28-,30-,32+,43-/m0/s1. The van der Waals surface area contributed by atoms with E-state index in [2.05, 4.69) is 26.6 Å². The highest BCUT2D eigenvalue weighted by Gasteiger charge is 2.46. The first-order valence-corrected chi connectivity index (χ1v) is 20.4. The molecule has 0 fully saturated rings. The molecular weight excluding hydrogens is 824 g/mol. The van der Waals surface area contributed by atoms with Gasteiger partial charge in [-0.05, 0) is 54.5 Å². The van der Waals surface area contributed by atoms with Gasteiger partial charge >= 0.3 is 5.97 Å². The molecular formula is C43H47FN8O11. The summed E-state index contributed by atoms with van der Waals surface area (Å²) in [5.74, 6) is -4.72. The Kier molecular flexibility index (Phi) is 13.0. The third kappa shape index (κ3) is 8.74. The first kappa shape index (κ1) is 44.4. The van der Waals surface area contributed by atoms with Crippen LogP contribution in [0.5, 0.6) is 0 Å². The summed E-state index contributed by atoms with van der Waals surface area (Å²) < 4.78 is 27.6. The molecule has 5 amide bonds. The number of aliphatic hydroxyl groups is 2. The quantitative estimate of drug-likeness (QED) is 0.0437. The van der Waals surface area contributed by atoms with Crippen molar-refractivity contribution in [3.05, 3.63) is 97.6 Å². The van der Waals surface area contributed by atoms with Crippen LogP contribution in [0, 0.1) is 12.7 Å². The number of esters is 1. The molecule has 4 aromatic rings. The Labute approximate surface area is 358 Å². The van der Waals surface area contributed by atoms with Crippen LogP contribution in [-0.2, 0) is 69.8 Å². The molecule has 7 rings (SSSR count). The van der Waals surface area contributed by atoms with Crippen molar-refractivity contribution in [1.29, 1.82) is 0 Å². The van der Waals surface area contributed by atoms with Crippen LogP contribution in [-0.4, -0.2) is 100 Å². The van der Waals surface area contributed by atoms with E-state index in [4.69, 9.17) is 20.2 Å². The molecule has 0 spiro atoms. The normalized spacial score (nSPS) is 17.9. The average Bonchev–Trinajstić information content (AvgIpc) is 3.65. The van der Waals surface area contributed by atoms with E-state index < -0.39 is 97.1 Å². The lowest BCUT2D eigenvalue weighted by atomic mass is 9.81. The lowest BCUT2D eigenvalue weighted by molar-refractivity contribution is -0.172. The predicted molar refractivity (Wildman–Crippen MR) is 221 cm³/mol. The molecule has 3 aliphatic rings. The van der Waals surface area contributed by atoms with E-state index >= 15 is 4.39 Å². The summed E-state index contributed by atoms with van der Waals surface area (Å²) in [6.45, 7) is 0.330. The number of aliphatic hydroxyl groups excluding tert-OH is 1. The van der Waals surface area contributed by atoms with Gasteiger partial charge in [0.1, 0.15) is 25.2 Å². The molecule has 0 saturated carbocycles. The molecule has 20 heteroatoms. The number of halogens is 1. The van der Waals surface area contributed by atoms with Crippen LogP contribution >= 0.6 is 0 Å². The van der Waals surface area contributed by atoms with Crippen molar-refractivity contribution in [3.8, 4) is 11.4 Å². The zero-order chi connectivity index (χ0) is 45.2. The van der Waals surface area contributed by atoms with Gasteiger partial charge < -0.3 is 56.6 Å². The molecule has 63 heavy (non-hydrogen) atoms. The molecule has 0 saturated heterocycles. The van der Waals surface area contributed by atoms with Crippen LogP contribution < -0.4 is 37.9 Å². The number of nitrogens with zero attached hydrogens (tertiary/aromatic N) is 2. The number of cyclic esters (lactones) is 1. The monoisotopic (exact) mass is 870 g/mol. The van der Waals surface area contributed by atoms with Crippen molar-refractivity contribution in [3.63, 3.8) is 0 Å². The fourth-order valence-electron chi connectivity index (χ4n) is 8.31. The fourth-order valence-corrected chi connectivity index (χ4v) is 8.31. The van der Waals surface area contributed by atoms with Crippen molar-refractivity contribution in [2.75, 3.05) is 33.0 Å². The van der Waals surface area contributed by atoms with Gasteiger partial charge in [0.2, 0.25) is 23.6 Å². The highest BCUT2D eigenvalue weighted by molar-refractivity contribution is 5.95. The van der Waals surface area contributed by atoms with Crippen molar-refractivity contribution in [1.82, 2.24) is 36.1 Å². The van der Waals surface area contributed by atoms with Crippen LogP contribution in [0.2, 0.25) is 0 Å². The number of carbonyl (C=O) groups is 6. The number of benzene rings is 2. The zero-order valence-electron chi connectivity index (χ0n) is 34.5. The zero-order valence-corrected chi connectivity index (χ0v) is 34.5. The summed E-state index contributed by atoms with van der Waals surface area (Å²) in [4.78, 5) is 95.1. The number of nitrogens with one attached hydrogen (secondary N) is 5. The van der Waals surface area contributed by atoms with E-state index in [1.54, 1.807) is 50.2 Å². The minimum atomic E-state index is -2.06. The van der Waals surface area contributed by atoms with Gasteiger partial charge in [0.05, 0.1) is 61.3 Å². The predicted octanol–water partition coefficient (Wildman–Crippen LogP) is -1.000. The number of hydrogen-bond acceptors (Lipinski definition) is 13. The number of aromatic nitrogens is 2. The molecule has 1 aliphatic carbocycles. The summed E-state index contributed by atoms with van der Waals surface area (Å²) in [7, 11) is 0. The molecule has 9 N–H and O–H groups in total. The number of amides is 5. The second-order valence-electron chi connectivity index (χ2n) is 15.5. The topological polar surface area (TPSA) is 282 Å². The first-order chi connectivity index (χ1) is 30.2. The minimum absolute atomic E-state index is 0.0185. The summed E-state index contributed by atoms with van der Waals surface area (Å²) in [5.41, 5.74) is 6.84. The van der Waals surface area contributed by atoms with Crippen molar-refractivity contribution >= 4 is 46.4 Å². The van der Waals surface area contributed by atoms with E-state index in [1.807, 2.05) is 0 Å². The highest BCUT2D eigenvalue weighted by Crippen LogP contribution is 2.46. The van der Waals surface area contributed by atoms with Gasteiger partial charge in [0.15, 0.2) is 11.7 Å². The van der Waals surface area contributed by atoms with Crippen molar-refractivity contribution in [2.45, 2.75) is 76.5 Å². The summed E-state index contributed by atoms with van der Waals surface area (Å²) in [6.07, 6.45) is -0.792. The third-order valence-electron chi connectivity index (χ3n) is 11.7. The Morgan fingerprint density at radius 2 is 1.76 bits per heavy atom. The number of hydrogen-bond donors (Lipinski definition) is 8. The maximum Gasteiger partial charge on any atom is 0.343 e. The maximum atomic E-state index is 15.3. The molecule has 0 unspecified atom stereocenters. The molecule has 0 radical (unpaired) electrons. The summed E-state index contributed by atoms with van der Waals surface area (Å²) in [5, 5.41) is 34.8. The van der Waals surface area contributed by atoms with Crippen molar-refractivity contribution < 1.29 is 52.8 Å². The Hall–Kier alpha value is -6.61. The molecule has 2 aromatic carbocycles. The van der Waals surface area contributed by atoms with Gasteiger partial charge in [-0.25, -0.2) is 14.2 Å². The van der Waals surface area contributed by atoms with E-state index in [9.17, 15) is 43.8 Å². The lowest BCUT2D eigenvalue weighted by Crippen LogP contribution is -2.52. The van der Waals surface area contributed by atoms with Crippen LogP contribution in [0.4, 0.5) is 4.39 Å². The van der Waals surface area contributed by atoms with Crippen molar-refractivity contribution in [2.24, 2.45) is 5.73 Å². The van der Waals surface area contributed by atoms with E-state index in [0.29, 0.717) is 57.4 Å². The molecule has 4 atom stereocenters. The van der Waals surface area contributed by atoms with Gasteiger partial charge in [0, 0.05) is 29.0 Å². The molecule has 2 aliphatic heterocycles. The van der Waals surface area contributed by atoms with Gasteiger partial charge in [-0.15, -0.1) is 0 Å². The number of pyridine rings is 2. The smallest absolute Gasteiger partial charge is 0.343 e. The minimum Gasteiger partial charge on any atom is -0.458 e. The second-order valence-corrected chi connectivity index (χ2v) is 15.5. The van der Waals surface area contributed by atoms with Crippen LogP contribution in [0.3, 0.4) is 0 Å². The van der Waals surface area contributed by atoms with E-state index in [1.165, 1.54) is 10.6 Å². The SMILES string of the molecule is CC[C@@]1(O)C(=O)OCc2c1cc1n(c2=O)Cc2c-1nc1cc(F)c(C)c3c1c2[C@@H](NC(=O)[C@@H](CO)OCNC(=O)CNC(=O)[C@H](Cc1ccccc1)NC(=O)CNC(=O)CN)CC3. The Morgan fingerprint density at radius 1 is 1.02 bits per heavy atom. The largest absolute Gasteiger partial charge is 0.458 e. The van der Waals surface area contributed by atoms with E-state index in [-0.39, 0.29) is 49.2 Å². The van der Waals surface area contributed by atoms with Crippen LogP contribution in [0.1, 0.15) is 64.8 Å². The molecule has 0 bridgehead atoms. The van der Waals surface area contributed by atoms with Crippen LogP contribution in [0.25, 0.3) is 22.3 Å². The third-order valence-corrected chi connectivity index (χ3v) is 11.7. The lowest BCUT2D eigenvalue weighted by Gasteiger charge is -2.31. The first-order valence-electron chi connectivity index (χ1n) is 20.4. The number of carbonyl (C=O) groups excluding carboxylic acids is 6.